The number of amides is 1. The van der Waals surface area contributed by atoms with Gasteiger partial charge in [-0.25, -0.2) is 8.42 Å². The van der Waals surface area contributed by atoms with Crippen LogP contribution in [0.15, 0.2) is 23.1 Å². The van der Waals surface area contributed by atoms with Gasteiger partial charge in [0, 0.05) is 19.2 Å². The number of nitrogens with two attached hydrogens (primary N) is 1. The van der Waals surface area contributed by atoms with Crippen molar-refractivity contribution in [2.45, 2.75) is 11.3 Å². The Morgan fingerprint density at radius 2 is 2.15 bits per heavy atom. The number of sulfonamides is 1. The Morgan fingerprint density at radius 1 is 1.40 bits per heavy atom. The van der Waals surface area contributed by atoms with Crippen molar-refractivity contribution in [1.82, 2.24) is 9.62 Å². The summed E-state index contributed by atoms with van der Waals surface area (Å²) in [5.74, 6) is -0.00108. The Balaban J connectivity index is 2.36. The molecule has 0 unspecified atom stereocenters. The molecule has 1 fully saturated rings. The van der Waals surface area contributed by atoms with Crippen molar-refractivity contribution < 1.29 is 17.9 Å². The Hall–Kier alpha value is -1.80. The van der Waals surface area contributed by atoms with E-state index in [1.807, 2.05) is 0 Å². The molecule has 8 heteroatoms. The van der Waals surface area contributed by atoms with Gasteiger partial charge in [0.15, 0.2) is 0 Å². The minimum absolute atomic E-state index is 0.0678. The highest BCUT2D eigenvalue weighted by Crippen LogP contribution is 2.26. The molecule has 3 N–H and O–H groups in total. The highest BCUT2D eigenvalue weighted by Gasteiger charge is 2.28. The Kier molecular flexibility index (Phi) is 4.15. The van der Waals surface area contributed by atoms with Crippen molar-refractivity contribution in [2.75, 3.05) is 32.5 Å². The van der Waals surface area contributed by atoms with Crippen LogP contribution in [-0.2, 0) is 14.8 Å². The standard InChI is InChI=1S/C12H17N3O4S/c1-19-11-7-9(3-4-10(11)13)20(17,18)15-6-2-5-14-12(16)8-15/h3-4,7H,2,5-6,8,13H2,1H3,(H,14,16). The van der Waals surface area contributed by atoms with E-state index in [0.29, 0.717) is 30.9 Å². The number of hydrogen-bond acceptors (Lipinski definition) is 5. The second kappa shape index (κ2) is 5.68. The molecule has 0 saturated carbocycles. The lowest BCUT2D eigenvalue weighted by atomic mass is 10.3. The van der Waals surface area contributed by atoms with Crippen molar-refractivity contribution in [3.8, 4) is 5.75 Å². The third kappa shape index (κ3) is 2.86. The lowest BCUT2D eigenvalue weighted by Crippen LogP contribution is -2.37. The normalized spacial score (nSPS) is 17.4. The van der Waals surface area contributed by atoms with Gasteiger partial charge in [-0.3, -0.25) is 4.79 Å². The van der Waals surface area contributed by atoms with Gasteiger partial charge < -0.3 is 15.8 Å². The lowest BCUT2D eigenvalue weighted by Gasteiger charge is -2.19. The highest BCUT2D eigenvalue weighted by molar-refractivity contribution is 7.89. The summed E-state index contributed by atoms with van der Waals surface area (Å²) < 4.78 is 31.2. The van der Waals surface area contributed by atoms with Gasteiger partial charge in [-0.2, -0.15) is 4.31 Å². The van der Waals surface area contributed by atoms with E-state index in [1.165, 1.54) is 29.6 Å². The number of nitrogens with zero attached hydrogens (tertiary/aromatic N) is 1. The molecule has 0 aromatic heterocycles. The molecule has 1 heterocycles. The molecule has 1 amide bonds. The number of rotatable bonds is 3. The van der Waals surface area contributed by atoms with Crippen LogP contribution in [0.25, 0.3) is 0 Å². The van der Waals surface area contributed by atoms with Crippen LogP contribution in [0.1, 0.15) is 6.42 Å². The molecule has 0 aliphatic carbocycles. The maximum atomic E-state index is 12.5. The van der Waals surface area contributed by atoms with Crippen LogP contribution in [0.4, 0.5) is 5.69 Å². The summed E-state index contributed by atoms with van der Waals surface area (Å²) in [6.45, 7) is 0.610. The minimum Gasteiger partial charge on any atom is -0.495 e. The fourth-order valence-corrected chi connectivity index (χ4v) is 3.44. The van der Waals surface area contributed by atoms with E-state index in [-0.39, 0.29) is 17.3 Å². The van der Waals surface area contributed by atoms with Crippen molar-refractivity contribution >= 4 is 21.6 Å². The van der Waals surface area contributed by atoms with Crippen molar-refractivity contribution in [3.63, 3.8) is 0 Å². The summed E-state index contributed by atoms with van der Waals surface area (Å²) in [6.07, 6.45) is 0.580. The van der Waals surface area contributed by atoms with Crippen molar-refractivity contribution in [2.24, 2.45) is 0 Å². The van der Waals surface area contributed by atoms with Gasteiger partial charge in [-0.1, -0.05) is 0 Å². The third-order valence-electron chi connectivity index (χ3n) is 3.07. The van der Waals surface area contributed by atoms with Crippen LogP contribution in [0.3, 0.4) is 0 Å². The Morgan fingerprint density at radius 3 is 2.85 bits per heavy atom. The second-order valence-electron chi connectivity index (χ2n) is 4.45. The zero-order valence-electron chi connectivity index (χ0n) is 11.1. The fraction of sp³-hybridized carbons (Fsp3) is 0.417. The first-order chi connectivity index (χ1) is 9.45. The van der Waals surface area contributed by atoms with Gasteiger partial charge in [0.2, 0.25) is 15.9 Å². The number of hydrogen-bond donors (Lipinski definition) is 2. The molecule has 1 aliphatic rings. The predicted octanol–water partition coefficient (Wildman–Crippen LogP) is -0.212. The quantitative estimate of drug-likeness (QED) is 0.752. The molecule has 110 valence electrons. The van der Waals surface area contributed by atoms with E-state index in [1.54, 1.807) is 0 Å². The Bertz CT molecular complexity index is 615. The van der Waals surface area contributed by atoms with Gasteiger partial charge in [0.1, 0.15) is 5.75 Å². The second-order valence-corrected chi connectivity index (χ2v) is 6.38. The Labute approximate surface area is 117 Å². The molecule has 20 heavy (non-hydrogen) atoms. The molecular formula is C12H17N3O4S. The van der Waals surface area contributed by atoms with Gasteiger partial charge in [-0.05, 0) is 18.6 Å². The topological polar surface area (TPSA) is 102 Å². The average Bonchev–Trinajstić information content (AvgIpc) is 2.64. The van der Waals surface area contributed by atoms with Gasteiger partial charge in [0.25, 0.3) is 0 Å². The van der Waals surface area contributed by atoms with E-state index < -0.39 is 10.0 Å². The van der Waals surface area contributed by atoms with Crippen LogP contribution in [0.2, 0.25) is 0 Å². The molecular weight excluding hydrogens is 282 g/mol. The fourth-order valence-electron chi connectivity index (χ4n) is 1.98. The monoisotopic (exact) mass is 299 g/mol. The van der Waals surface area contributed by atoms with Crippen LogP contribution in [0, 0.1) is 0 Å². The summed E-state index contributed by atoms with van der Waals surface area (Å²) >= 11 is 0. The van der Waals surface area contributed by atoms with Gasteiger partial charge in [-0.15, -0.1) is 0 Å². The first kappa shape index (κ1) is 14.6. The van der Waals surface area contributed by atoms with E-state index in [9.17, 15) is 13.2 Å². The van der Waals surface area contributed by atoms with Gasteiger partial charge >= 0.3 is 0 Å². The number of benzene rings is 1. The molecule has 0 atom stereocenters. The largest absolute Gasteiger partial charge is 0.495 e. The molecule has 0 spiro atoms. The number of methoxy groups -OCH3 is 1. The average molecular weight is 299 g/mol. The zero-order valence-corrected chi connectivity index (χ0v) is 11.9. The summed E-state index contributed by atoms with van der Waals surface area (Å²) in [6, 6.07) is 4.26. The third-order valence-corrected chi connectivity index (χ3v) is 4.91. The number of anilines is 1. The molecule has 1 aromatic carbocycles. The number of carbonyl (C=O) groups is 1. The first-order valence-corrected chi connectivity index (χ1v) is 7.59. The number of nitrogens with one attached hydrogen (secondary N) is 1. The lowest BCUT2D eigenvalue weighted by molar-refractivity contribution is -0.120. The number of ether oxygens (including phenoxy) is 1. The van der Waals surface area contributed by atoms with Crippen molar-refractivity contribution in [3.05, 3.63) is 18.2 Å². The number of nitrogen functional groups attached to an aromatic ring is 1. The predicted molar refractivity (Wildman–Crippen MR) is 73.8 cm³/mol. The van der Waals surface area contributed by atoms with E-state index in [2.05, 4.69) is 5.32 Å². The summed E-state index contributed by atoms with van der Waals surface area (Å²) in [7, 11) is -2.31. The first-order valence-electron chi connectivity index (χ1n) is 6.15. The maximum absolute atomic E-state index is 12.5. The summed E-state index contributed by atoms with van der Waals surface area (Å²) in [4.78, 5) is 11.6. The van der Waals surface area contributed by atoms with Crippen LogP contribution in [-0.4, -0.2) is 45.4 Å². The van der Waals surface area contributed by atoms with E-state index >= 15 is 0 Å². The van der Waals surface area contributed by atoms with Gasteiger partial charge in [0.05, 0.1) is 24.2 Å². The molecule has 2 rings (SSSR count). The molecule has 1 saturated heterocycles. The zero-order chi connectivity index (χ0) is 14.8. The molecule has 0 bridgehead atoms. The number of carbonyl (C=O) groups excluding carboxylic acids is 1. The molecule has 0 radical (unpaired) electrons. The van der Waals surface area contributed by atoms with E-state index in [0.717, 1.165) is 0 Å². The van der Waals surface area contributed by atoms with Crippen LogP contribution in [0.5, 0.6) is 5.75 Å². The molecule has 1 aromatic rings. The van der Waals surface area contributed by atoms with E-state index in [4.69, 9.17) is 10.5 Å². The summed E-state index contributed by atoms with van der Waals surface area (Å²) in [5.41, 5.74) is 6.03. The van der Waals surface area contributed by atoms with Crippen LogP contribution >= 0.6 is 0 Å². The molecule has 1 aliphatic heterocycles. The molecule has 7 nitrogen and oxygen atoms in total. The smallest absolute Gasteiger partial charge is 0.243 e. The van der Waals surface area contributed by atoms with Crippen LogP contribution < -0.4 is 15.8 Å². The van der Waals surface area contributed by atoms with Crippen molar-refractivity contribution in [1.29, 1.82) is 0 Å². The maximum Gasteiger partial charge on any atom is 0.243 e. The summed E-state index contributed by atoms with van der Waals surface area (Å²) in [5, 5.41) is 2.64. The highest BCUT2D eigenvalue weighted by atomic mass is 32.2. The minimum atomic E-state index is -3.73. The SMILES string of the molecule is COc1cc(S(=O)(=O)N2CCCNC(=O)C2)ccc1N.